The van der Waals surface area contributed by atoms with Gasteiger partial charge in [-0.1, -0.05) is 6.07 Å². The van der Waals surface area contributed by atoms with Gasteiger partial charge < -0.3 is 0 Å². The fourth-order valence-corrected chi connectivity index (χ4v) is 1.31. The maximum Gasteiger partial charge on any atom is 0.159 e. The van der Waals surface area contributed by atoms with Crippen LogP contribution in [0.3, 0.4) is 0 Å². The Bertz CT molecular complexity index is 274. The lowest BCUT2D eigenvalue weighted by atomic mass is 10.1. The van der Waals surface area contributed by atoms with Gasteiger partial charge in [-0.05, 0) is 37.0 Å². The first-order chi connectivity index (χ1) is 6.24. The first-order valence-corrected chi connectivity index (χ1v) is 4.77. The molecule has 72 valence electrons. The Morgan fingerprint density at radius 2 is 1.85 bits per heavy atom. The number of hydrogen-bond donors (Lipinski definition) is 0. The minimum atomic E-state index is -0.791. The van der Waals surface area contributed by atoms with Crippen LogP contribution in [-0.4, -0.2) is 5.88 Å². The van der Waals surface area contributed by atoms with Crippen molar-refractivity contribution < 1.29 is 8.78 Å². The molecule has 0 nitrogen and oxygen atoms in total. The van der Waals surface area contributed by atoms with E-state index in [0.29, 0.717) is 5.88 Å². The summed E-state index contributed by atoms with van der Waals surface area (Å²) in [6.07, 6.45) is 2.57. The molecule has 0 unspecified atom stereocenters. The molecule has 3 heteroatoms. The molecule has 0 saturated carbocycles. The zero-order chi connectivity index (χ0) is 9.68. The summed E-state index contributed by atoms with van der Waals surface area (Å²) in [4.78, 5) is 0. The van der Waals surface area contributed by atoms with Gasteiger partial charge in [0.1, 0.15) is 0 Å². The number of aryl methyl sites for hydroxylation is 1. The zero-order valence-electron chi connectivity index (χ0n) is 7.19. The van der Waals surface area contributed by atoms with E-state index in [0.717, 1.165) is 30.9 Å². The van der Waals surface area contributed by atoms with E-state index < -0.39 is 11.6 Å². The van der Waals surface area contributed by atoms with Crippen LogP contribution in [0.15, 0.2) is 18.2 Å². The van der Waals surface area contributed by atoms with Crippen LogP contribution in [-0.2, 0) is 6.42 Å². The van der Waals surface area contributed by atoms with Gasteiger partial charge in [-0.15, -0.1) is 11.6 Å². The Morgan fingerprint density at radius 3 is 2.46 bits per heavy atom. The minimum absolute atomic E-state index is 0.615. The first kappa shape index (κ1) is 10.5. The third-order valence-corrected chi connectivity index (χ3v) is 2.10. The molecule has 13 heavy (non-hydrogen) atoms. The number of unbranched alkanes of at least 4 members (excludes halogenated alkanes) is 1. The second-order valence-corrected chi connectivity index (χ2v) is 3.27. The molecule has 0 aliphatic heterocycles. The maximum absolute atomic E-state index is 12.7. The minimum Gasteiger partial charge on any atom is -0.204 e. The van der Waals surface area contributed by atoms with Gasteiger partial charge >= 0.3 is 0 Å². The third-order valence-electron chi connectivity index (χ3n) is 1.83. The lowest BCUT2D eigenvalue weighted by Gasteiger charge is -2.00. The van der Waals surface area contributed by atoms with E-state index in [2.05, 4.69) is 0 Å². The predicted molar refractivity (Wildman–Crippen MR) is 50.0 cm³/mol. The van der Waals surface area contributed by atoms with Crippen molar-refractivity contribution in [3.63, 3.8) is 0 Å². The van der Waals surface area contributed by atoms with Crippen LogP contribution in [0, 0.1) is 11.6 Å². The number of hydrogen-bond acceptors (Lipinski definition) is 0. The Labute approximate surface area is 81.5 Å². The smallest absolute Gasteiger partial charge is 0.159 e. The van der Waals surface area contributed by atoms with Crippen LogP contribution in [0.5, 0.6) is 0 Å². The number of alkyl halides is 1. The van der Waals surface area contributed by atoms with Gasteiger partial charge in [0.25, 0.3) is 0 Å². The molecule has 1 aromatic carbocycles. The summed E-state index contributed by atoms with van der Waals surface area (Å²) in [5.41, 5.74) is 0.823. The van der Waals surface area contributed by atoms with Crippen molar-refractivity contribution in [2.24, 2.45) is 0 Å². The van der Waals surface area contributed by atoms with Crippen molar-refractivity contribution in [3.8, 4) is 0 Å². The Balaban J connectivity index is 2.53. The van der Waals surface area contributed by atoms with Crippen LogP contribution >= 0.6 is 11.6 Å². The zero-order valence-corrected chi connectivity index (χ0v) is 7.95. The summed E-state index contributed by atoms with van der Waals surface area (Å²) >= 11 is 5.49. The van der Waals surface area contributed by atoms with E-state index in [1.54, 1.807) is 6.07 Å². The Kier molecular flexibility index (Phi) is 4.16. The van der Waals surface area contributed by atoms with E-state index in [1.807, 2.05) is 0 Å². The second-order valence-electron chi connectivity index (χ2n) is 2.89. The standard InChI is InChI=1S/C10H11ClF2/c11-6-2-1-3-8-4-5-9(12)10(13)7-8/h4-5,7H,1-3,6H2. The van der Waals surface area contributed by atoms with E-state index in [4.69, 9.17) is 11.6 Å². The molecule has 0 amide bonds. The summed E-state index contributed by atoms with van der Waals surface area (Å²) in [6.45, 7) is 0. The molecule has 0 aliphatic carbocycles. The highest BCUT2D eigenvalue weighted by atomic mass is 35.5. The van der Waals surface area contributed by atoms with Crippen LogP contribution in [0.1, 0.15) is 18.4 Å². The summed E-state index contributed by atoms with van der Waals surface area (Å²) in [5, 5.41) is 0. The van der Waals surface area contributed by atoms with Gasteiger partial charge in [-0.2, -0.15) is 0 Å². The second kappa shape index (κ2) is 5.18. The largest absolute Gasteiger partial charge is 0.204 e. The van der Waals surface area contributed by atoms with Gasteiger partial charge in [-0.25, -0.2) is 8.78 Å². The summed E-state index contributed by atoms with van der Waals surface area (Å²) in [6, 6.07) is 4.00. The van der Waals surface area contributed by atoms with E-state index in [9.17, 15) is 8.78 Å². The van der Waals surface area contributed by atoms with E-state index in [-0.39, 0.29) is 0 Å². The van der Waals surface area contributed by atoms with Gasteiger partial charge in [0.2, 0.25) is 0 Å². The third kappa shape index (κ3) is 3.31. The van der Waals surface area contributed by atoms with Crippen LogP contribution < -0.4 is 0 Å². The first-order valence-electron chi connectivity index (χ1n) is 4.24. The lowest BCUT2D eigenvalue weighted by molar-refractivity contribution is 0.506. The van der Waals surface area contributed by atoms with Crippen LogP contribution in [0.2, 0.25) is 0 Å². The predicted octanol–water partition coefficient (Wildman–Crippen LogP) is 3.53. The van der Waals surface area contributed by atoms with Crippen molar-refractivity contribution in [2.75, 3.05) is 5.88 Å². The molecule has 1 aromatic rings. The summed E-state index contributed by atoms with van der Waals surface area (Å²) in [5.74, 6) is -0.951. The van der Waals surface area contributed by atoms with Crippen LogP contribution in [0.4, 0.5) is 8.78 Å². The fourth-order valence-electron chi connectivity index (χ4n) is 1.12. The summed E-state index contributed by atoms with van der Waals surface area (Å²) in [7, 11) is 0. The number of benzene rings is 1. The molecule has 0 fully saturated rings. The molecule has 0 radical (unpaired) electrons. The van der Waals surface area contributed by atoms with Crippen LogP contribution in [0.25, 0.3) is 0 Å². The molecule has 0 aromatic heterocycles. The van der Waals surface area contributed by atoms with Gasteiger partial charge in [0.05, 0.1) is 0 Å². The highest BCUT2D eigenvalue weighted by Crippen LogP contribution is 2.11. The van der Waals surface area contributed by atoms with Gasteiger partial charge in [0, 0.05) is 5.88 Å². The monoisotopic (exact) mass is 204 g/mol. The molecular formula is C10H11ClF2. The number of rotatable bonds is 4. The molecule has 0 spiro atoms. The average molecular weight is 205 g/mol. The van der Waals surface area contributed by atoms with Gasteiger partial charge in [0.15, 0.2) is 11.6 Å². The fraction of sp³-hybridized carbons (Fsp3) is 0.400. The SMILES string of the molecule is Fc1ccc(CCCCCl)cc1F. The lowest BCUT2D eigenvalue weighted by Crippen LogP contribution is -1.90. The Morgan fingerprint density at radius 1 is 1.08 bits per heavy atom. The van der Waals surface area contributed by atoms with E-state index >= 15 is 0 Å². The quantitative estimate of drug-likeness (QED) is 0.520. The highest BCUT2D eigenvalue weighted by molar-refractivity contribution is 6.17. The highest BCUT2D eigenvalue weighted by Gasteiger charge is 2.01. The Hall–Kier alpha value is -0.630. The topological polar surface area (TPSA) is 0 Å². The normalized spacial score (nSPS) is 10.4. The maximum atomic E-state index is 12.7. The molecule has 0 N–H and O–H groups in total. The molecule has 0 heterocycles. The van der Waals surface area contributed by atoms with E-state index in [1.165, 1.54) is 6.07 Å². The van der Waals surface area contributed by atoms with Crippen molar-refractivity contribution in [2.45, 2.75) is 19.3 Å². The molecule has 0 atom stereocenters. The van der Waals surface area contributed by atoms with Crippen molar-refractivity contribution in [1.82, 2.24) is 0 Å². The molecule has 0 saturated heterocycles. The molecule has 0 bridgehead atoms. The molecule has 0 aliphatic rings. The molecular weight excluding hydrogens is 194 g/mol. The average Bonchev–Trinajstić information content (AvgIpc) is 2.12. The van der Waals surface area contributed by atoms with Crippen molar-refractivity contribution >= 4 is 11.6 Å². The van der Waals surface area contributed by atoms with Crippen molar-refractivity contribution in [3.05, 3.63) is 35.4 Å². The summed E-state index contributed by atoms with van der Waals surface area (Å²) < 4.78 is 25.2. The molecule has 1 rings (SSSR count). The van der Waals surface area contributed by atoms with Gasteiger partial charge in [-0.3, -0.25) is 0 Å². The van der Waals surface area contributed by atoms with Crippen molar-refractivity contribution in [1.29, 1.82) is 0 Å². The number of halogens is 3.